The van der Waals surface area contributed by atoms with Crippen molar-refractivity contribution in [3.63, 3.8) is 0 Å². The molecule has 0 atom stereocenters. The van der Waals surface area contributed by atoms with Gasteiger partial charge in [0, 0.05) is 0 Å². The van der Waals surface area contributed by atoms with E-state index in [0.717, 1.165) is 12.0 Å². The summed E-state index contributed by atoms with van der Waals surface area (Å²) in [5, 5.41) is 8.81. The van der Waals surface area contributed by atoms with Gasteiger partial charge in [0.1, 0.15) is 5.60 Å². The van der Waals surface area contributed by atoms with Crippen LogP contribution in [-0.4, -0.2) is 5.26 Å². The standard InChI is InChI=1S/C13H20O2/c1-4-5-7-11-8-6-9-12(10-11)13(2,3)15-14/h6,8-10,14H,4-5,7H2,1-3H3. The lowest BCUT2D eigenvalue weighted by molar-refractivity contribution is -0.318. The Kier molecular flexibility index (Phi) is 4.30. The molecule has 1 N–H and O–H groups in total. The van der Waals surface area contributed by atoms with E-state index < -0.39 is 5.60 Å². The molecule has 0 amide bonds. The second-order valence-electron chi connectivity index (χ2n) is 4.41. The minimum absolute atomic E-state index is 0.623. The first-order valence-corrected chi connectivity index (χ1v) is 5.52. The first-order chi connectivity index (χ1) is 7.10. The van der Waals surface area contributed by atoms with Gasteiger partial charge in [-0.1, -0.05) is 37.6 Å². The molecule has 0 spiro atoms. The molecule has 0 unspecified atom stereocenters. The number of aryl methyl sites for hydroxylation is 1. The summed E-state index contributed by atoms with van der Waals surface area (Å²) in [4.78, 5) is 4.48. The molecular formula is C13H20O2. The average molecular weight is 208 g/mol. The lowest BCUT2D eigenvalue weighted by atomic mass is 9.95. The third-order valence-electron chi connectivity index (χ3n) is 2.67. The van der Waals surface area contributed by atoms with Crippen molar-refractivity contribution in [3.05, 3.63) is 35.4 Å². The lowest BCUT2D eigenvalue weighted by Gasteiger charge is -2.21. The summed E-state index contributed by atoms with van der Waals surface area (Å²) in [5.74, 6) is 0. The lowest BCUT2D eigenvalue weighted by Crippen LogP contribution is -2.19. The van der Waals surface area contributed by atoms with Gasteiger partial charge in [-0.3, -0.25) is 5.26 Å². The highest BCUT2D eigenvalue weighted by Gasteiger charge is 2.21. The van der Waals surface area contributed by atoms with Crippen LogP contribution in [0.15, 0.2) is 24.3 Å². The molecule has 0 saturated carbocycles. The van der Waals surface area contributed by atoms with Crippen LogP contribution in [0, 0.1) is 0 Å². The highest BCUT2D eigenvalue weighted by molar-refractivity contribution is 5.27. The van der Waals surface area contributed by atoms with E-state index in [1.54, 1.807) is 0 Å². The highest BCUT2D eigenvalue weighted by Crippen LogP contribution is 2.24. The van der Waals surface area contributed by atoms with Crippen LogP contribution in [0.4, 0.5) is 0 Å². The summed E-state index contributed by atoms with van der Waals surface area (Å²) in [6.07, 6.45) is 3.49. The van der Waals surface area contributed by atoms with Crippen LogP contribution >= 0.6 is 0 Å². The monoisotopic (exact) mass is 208 g/mol. The molecule has 1 aromatic carbocycles. The van der Waals surface area contributed by atoms with Crippen molar-refractivity contribution < 1.29 is 10.1 Å². The van der Waals surface area contributed by atoms with E-state index in [1.165, 1.54) is 18.4 Å². The summed E-state index contributed by atoms with van der Waals surface area (Å²) in [7, 11) is 0. The van der Waals surface area contributed by atoms with E-state index in [0.29, 0.717) is 0 Å². The molecule has 0 aliphatic rings. The molecule has 2 nitrogen and oxygen atoms in total. The second-order valence-corrected chi connectivity index (χ2v) is 4.41. The van der Waals surface area contributed by atoms with Crippen LogP contribution in [-0.2, 0) is 16.9 Å². The van der Waals surface area contributed by atoms with Crippen molar-refractivity contribution in [2.24, 2.45) is 0 Å². The number of hydrogen-bond acceptors (Lipinski definition) is 2. The summed E-state index contributed by atoms with van der Waals surface area (Å²) < 4.78 is 0. The number of rotatable bonds is 5. The SMILES string of the molecule is CCCCc1cccc(C(C)(C)OO)c1. The van der Waals surface area contributed by atoms with E-state index in [2.05, 4.69) is 23.9 Å². The predicted octanol–water partition coefficient (Wildman–Crippen LogP) is 3.75. The van der Waals surface area contributed by atoms with Crippen molar-refractivity contribution in [1.82, 2.24) is 0 Å². The maximum absolute atomic E-state index is 8.81. The molecule has 1 aromatic rings. The Morgan fingerprint density at radius 1 is 1.33 bits per heavy atom. The molecular weight excluding hydrogens is 188 g/mol. The Morgan fingerprint density at radius 2 is 2.07 bits per heavy atom. The van der Waals surface area contributed by atoms with E-state index in [-0.39, 0.29) is 0 Å². The number of unbranched alkanes of at least 4 members (excludes halogenated alkanes) is 1. The molecule has 0 saturated heterocycles. The van der Waals surface area contributed by atoms with Crippen LogP contribution < -0.4 is 0 Å². The van der Waals surface area contributed by atoms with E-state index in [9.17, 15) is 0 Å². The van der Waals surface area contributed by atoms with Crippen molar-refractivity contribution in [3.8, 4) is 0 Å². The zero-order valence-corrected chi connectivity index (χ0v) is 9.79. The molecule has 0 heterocycles. The number of hydrogen-bond donors (Lipinski definition) is 1. The summed E-state index contributed by atoms with van der Waals surface area (Å²) in [6, 6.07) is 8.21. The molecule has 2 heteroatoms. The fraction of sp³-hybridized carbons (Fsp3) is 0.538. The van der Waals surface area contributed by atoms with Gasteiger partial charge in [-0.25, -0.2) is 4.89 Å². The first kappa shape index (κ1) is 12.2. The normalized spacial score (nSPS) is 11.7. The molecule has 1 rings (SSSR count). The minimum atomic E-state index is -0.623. The largest absolute Gasteiger partial charge is 0.251 e. The van der Waals surface area contributed by atoms with E-state index in [1.807, 2.05) is 26.0 Å². The van der Waals surface area contributed by atoms with E-state index >= 15 is 0 Å². The quantitative estimate of drug-likeness (QED) is 0.589. The third-order valence-corrected chi connectivity index (χ3v) is 2.67. The summed E-state index contributed by atoms with van der Waals surface area (Å²) in [5.41, 5.74) is 1.69. The topological polar surface area (TPSA) is 29.5 Å². The van der Waals surface area contributed by atoms with Gasteiger partial charge in [0.05, 0.1) is 0 Å². The van der Waals surface area contributed by atoms with Crippen LogP contribution in [0.1, 0.15) is 44.7 Å². The first-order valence-electron chi connectivity index (χ1n) is 5.52. The smallest absolute Gasteiger partial charge is 0.123 e. The average Bonchev–Trinajstić information content (AvgIpc) is 2.27. The fourth-order valence-electron chi connectivity index (χ4n) is 1.53. The highest BCUT2D eigenvalue weighted by atomic mass is 17.1. The maximum atomic E-state index is 8.81. The Morgan fingerprint density at radius 3 is 2.67 bits per heavy atom. The molecule has 0 fully saturated rings. The van der Waals surface area contributed by atoms with Crippen molar-refractivity contribution in [2.75, 3.05) is 0 Å². The minimum Gasteiger partial charge on any atom is -0.251 e. The Balaban J connectivity index is 2.82. The Hall–Kier alpha value is -0.860. The van der Waals surface area contributed by atoms with Gasteiger partial charge in [0.2, 0.25) is 0 Å². The van der Waals surface area contributed by atoms with E-state index in [4.69, 9.17) is 5.26 Å². The van der Waals surface area contributed by atoms with Crippen molar-refractivity contribution in [1.29, 1.82) is 0 Å². The van der Waals surface area contributed by atoms with Gasteiger partial charge < -0.3 is 0 Å². The Bertz CT molecular complexity index is 305. The van der Waals surface area contributed by atoms with Gasteiger partial charge in [0.15, 0.2) is 0 Å². The Labute approximate surface area is 91.8 Å². The zero-order chi connectivity index (χ0) is 11.3. The van der Waals surface area contributed by atoms with Crippen molar-refractivity contribution >= 4 is 0 Å². The maximum Gasteiger partial charge on any atom is 0.123 e. The van der Waals surface area contributed by atoms with Crippen molar-refractivity contribution in [2.45, 2.75) is 45.6 Å². The van der Waals surface area contributed by atoms with Gasteiger partial charge >= 0.3 is 0 Å². The third kappa shape index (κ3) is 3.33. The predicted molar refractivity (Wildman–Crippen MR) is 61.8 cm³/mol. The van der Waals surface area contributed by atoms with Crippen LogP contribution in [0.25, 0.3) is 0 Å². The molecule has 0 bridgehead atoms. The molecule has 84 valence electrons. The second kappa shape index (κ2) is 5.29. The molecule has 15 heavy (non-hydrogen) atoms. The van der Waals surface area contributed by atoms with Gasteiger partial charge in [0.25, 0.3) is 0 Å². The fourth-order valence-corrected chi connectivity index (χ4v) is 1.53. The molecule has 0 aliphatic heterocycles. The van der Waals surface area contributed by atoms with Crippen LogP contribution in [0.3, 0.4) is 0 Å². The zero-order valence-electron chi connectivity index (χ0n) is 9.79. The molecule has 0 aromatic heterocycles. The van der Waals surface area contributed by atoms with Gasteiger partial charge in [-0.15, -0.1) is 0 Å². The van der Waals surface area contributed by atoms with Crippen LogP contribution in [0.2, 0.25) is 0 Å². The molecule has 0 aliphatic carbocycles. The van der Waals surface area contributed by atoms with Crippen LogP contribution in [0.5, 0.6) is 0 Å². The van der Waals surface area contributed by atoms with Gasteiger partial charge in [-0.2, -0.15) is 0 Å². The summed E-state index contributed by atoms with van der Waals surface area (Å²) in [6.45, 7) is 5.89. The van der Waals surface area contributed by atoms with Gasteiger partial charge in [-0.05, 0) is 37.8 Å². The summed E-state index contributed by atoms with van der Waals surface area (Å²) >= 11 is 0. The number of benzene rings is 1. The molecule has 0 radical (unpaired) electrons.